The summed E-state index contributed by atoms with van der Waals surface area (Å²) in [6, 6.07) is 13.4. The highest BCUT2D eigenvalue weighted by Gasteiger charge is 2.18. The third-order valence-corrected chi connectivity index (χ3v) is 5.18. The quantitative estimate of drug-likeness (QED) is 0.154. The fourth-order valence-corrected chi connectivity index (χ4v) is 3.36. The second kappa shape index (κ2) is 8.76. The standard InChI is InChI=1S/C24H16ClNO7/c1-13-3-4-14(2)20(9-13)33-22-12-31-21-11-16(6-8-18(21)23(22)27)32-24(28)17-7-5-15(26(29)30)10-19(17)25/h3-12H,1-2H3. The maximum atomic E-state index is 12.9. The van der Waals surface area contributed by atoms with Crippen molar-refractivity contribution in [3.63, 3.8) is 0 Å². The van der Waals surface area contributed by atoms with Gasteiger partial charge in [0.25, 0.3) is 5.69 Å². The van der Waals surface area contributed by atoms with Gasteiger partial charge in [0.15, 0.2) is 0 Å². The Kier molecular flexibility index (Phi) is 5.85. The largest absolute Gasteiger partial charge is 0.460 e. The lowest BCUT2D eigenvalue weighted by Crippen LogP contribution is -2.10. The van der Waals surface area contributed by atoms with Crippen molar-refractivity contribution in [3.8, 4) is 17.2 Å². The highest BCUT2D eigenvalue weighted by Crippen LogP contribution is 2.28. The number of carbonyl (C=O) groups is 1. The van der Waals surface area contributed by atoms with E-state index < -0.39 is 10.9 Å². The van der Waals surface area contributed by atoms with Gasteiger partial charge in [-0.2, -0.15) is 0 Å². The number of non-ortho nitro benzene ring substituents is 1. The lowest BCUT2D eigenvalue weighted by molar-refractivity contribution is -0.384. The van der Waals surface area contributed by atoms with Gasteiger partial charge in [0.2, 0.25) is 11.2 Å². The van der Waals surface area contributed by atoms with Gasteiger partial charge < -0.3 is 13.9 Å². The predicted molar refractivity (Wildman–Crippen MR) is 122 cm³/mol. The van der Waals surface area contributed by atoms with E-state index in [1.165, 1.54) is 30.5 Å². The van der Waals surface area contributed by atoms with Crippen LogP contribution in [-0.4, -0.2) is 10.9 Å². The second-order valence-electron chi connectivity index (χ2n) is 7.27. The summed E-state index contributed by atoms with van der Waals surface area (Å²) < 4.78 is 16.6. The SMILES string of the molecule is Cc1ccc(C)c(Oc2coc3cc(OC(=O)c4ccc([N+](=O)[O-])cc4Cl)ccc3c2=O)c1. The number of ether oxygens (including phenoxy) is 2. The number of esters is 1. The number of hydrogen-bond acceptors (Lipinski definition) is 7. The number of rotatable bonds is 5. The Hall–Kier alpha value is -4.17. The molecule has 0 saturated heterocycles. The number of fused-ring (bicyclic) bond motifs is 1. The van der Waals surface area contributed by atoms with Gasteiger partial charge in [-0.1, -0.05) is 23.7 Å². The van der Waals surface area contributed by atoms with E-state index in [0.717, 1.165) is 23.3 Å². The minimum atomic E-state index is -0.813. The van der Waals surface area contributed by atoms with Gasteiger partial charge in [-0.15, -0.1) is 0 Å². The first kappa shape index (κ1) is 22.0. The van der Waals surface area contributed by atoms with Crippen molar-refractivity contribution >= 4 is 34.2 Å². The Morgan fingerprint density at radius 2 is 1.82 bits per heavy atom. The van der Waals surface area contributed by atoms with Crippen LogP contribution in [0.4, 0.5) is 5.69 Å². The fraction of sp³-hybridized carbons (Fsp3) is 0.0833. The van der Waals surface area contributed by atoms with Crippen molar-refractivity contribution in [2.75, 3.05) is 0 Å². The van der Waals surface area contributed by atoms with Crippen LogP contribution >= 0.6 is 11.6 Å². The normalized spacial score (nSPS) is 10.8. The van der Waals surface area contributed by atoms with E-state index in [1.807, 2.05) is 32.0 Å². The predicted octanol–water partition coefficient (Wildman–Crippen LogP) is 5.98. The number of halogens is 1. The average Bonchev–Trinajstić information content (AvgIpc) is 2.77. The van der Waals surface area contributed by atoms with Crippen molar-refractivity contribution in [2.45, 2.75) is 13.8 Å². The molecule has 0 atom stereocenters. The molecule has 0 aliphatic heterocycles. The van der Waals surface area contributed by atoms with Crippen molar-refractivity contribution in [1.29, 1.82) is 0 Å². The van der Waals surface area contributed by atoms with Gasteiger partial charge >= 0.3 is 5.97 Å². The van der Waals surface area contributed by atoms with E-state index in [9.17, 15) is 19.7 Å². The molecule has 1 aromatic heterocycles. The van der Waals surface area contributed by atoms with Gasteiger partial charge in [0.05, 0.1) is 20.9 Å². The molecule has 0 radical (unpaired) electrons. The molecule has 3 aromatic carbocycles. The first-order valence-electron chi connectivity index (χ1n) is 9.70. The van der Waals surface area contributed by atoms with Crippen LogP contribution in [0.1, 0.15) is 21.5 Å². The van der Waals surface area contributed by atoms with Crippen LogP contribution in [0.5, 0.6) is 17.2 Å². The summed E-state index contributed by atoms with van der Waals surface area (Å²) in [6.07, 6.45) is 1.20. The van der Waals surface area contributed by atoms with Crippen LogP contribution in [0.25, 0.3) is 11.0 Å². The van der Waals surface area contributed by atoms with Crippen LogP contribution in [0.3, 0.4) is 0 Å². The van der Waals surface area contributed by atoms with E-state index in [2.05, 4.69) is 0 Å². The van der Waals surface area contributed by atoms with Gasteiger partial charge in [-0.25, -0.2) is 4.79 Å². The molecule has 0 unspecified atom stereocenters. The number of benzene rings is 3. The van der Waals surface area contributed by atoms with Crippen LogP contribution in [0.2, 0.25) is 5.02 Å². The zero-order valence-electron chi connectivity index (χ0n) is 17.5. The third kappa shape index (κ3) is 4.56. The molecule has 0 aliphatic carbocycles. The van der Waals surface area contributed by atoms with Crippen LogP contribution in [0.15, 0.2) is 70.1 Å². The van der Waals surface area contributed by atoms with Crippen molar-refractivity contribution in [1.82, 2.24) is 0 Å². The molecular formula is C24H16ClNO7. The first-order valence-corrected chi connectivity index (χ1v) is 10.1. The Labute approximate surface area is 192 Å². The lowest BCUT2D eigenvalue weighted by atomic mass is 10.1. The van der Waals surface area contributed by atoms with E-state index in [4.69, 9.17) is 25.5 Å². The Balaban J connectivity index is 1.59. The summed E-state index contributed by atoms with van der Waals surface area (Å²) in [5.74, 6) is -0.134. The monoisotopic (exact) mass is 465 g/mol. The molecule has 33 heavy (non-hydrogen) atoms. The molecule has 4 aromatic rings. The maximum Gasteiger partial charge on any atom is 0.345 e. The van der Waals surface area contributed by atoms with E-state index in [1.54, 1.807) is 0 Å². The average molecular weight is 466 g/mol. The molecule has 166 valence electrons. The highest BCUT2D eigenvalue weighted by atomic mass is 35.5. The summed E-state index contributed by atoms with van der Waals surface area (Å²) in [5.41, 5.74) is 1.37. The molecule has 8 nitrogen and oxygen atoms in total. The van der Waals surface area contributed by atoms with E-state index in [-0.39, 0.29) is 44.2 Å². The summed E-state index contributed by atoms with van der Waals surface area (Å²) >= 11 is 5.98. The summed E-state index contributed by atoms with van der Waals surface area (Å²) in [4.78, 5) is 35.5. The van der Waals surface area contributed by atoms with Gasteiger partial charge in [0, 0.05) is 18.2 Å². The first-order chi connectivity index (χ1) is 15.7. The molecule has 0 amide bonds. The lowest BCUT2D eigenvalue weighted by Gasteiger charge is -2.10. The number of nitrogens with zero attached hydrogens (tertiary/aromatic N) is 1. The number of nitro groups is 1. The third-order valence-electron chi connectivity index (χ3n) is 4.87. The zero-order valence-corrected chi connectivity index (χ0v) is 18.2. The molecule has 9 heteroatoms. The number of nitro benzene ring substituents is 1. The fourth-order valence-electron chi connectivity index (χ4n) is 3.11. The molecule has 0 spiro atoms. The maximum absolute atomic E-state index is 12.9. The molecule has 4 rings (SSSR count). The van der Waals surface area contributed by atoms with Crippen molar-refractivity contribution in [3.05, 3.63) is 103 Å². The Bertz CT molecular complexity index is 1480. The van der Waals surface area contributed by atoms with Crippen LogP contribution in [-0.2, 0) is 0 Å². The summed E-state index contributed by atoms with van der Waals surface area (Å²) in [7, 11) is 0. The van der Waals surface area contributed by atoms with Crippen LogP contribution < -0.4 is 14.9 Å². The van der Waals surface area contributed by atoms with Crippen molar-refractivity contribution in [2.24, 2.45) is 0 Å². The van der Waals surface area contributed by atoms with Gasteiger partial charge in [-0.05, 0) is 49.2 Å². The zero-order chi connectivity index (χ0) is 23.7. The van der Waals surface area contributed by atoms with Gasteiger partial charge in [0.1, 0.15) is 23.3 Å². The molecular weight excluding hydrogens is 450 g/mol. The molecule has 0 fully saturated rings. The molecule has 0 bridgehead atoms. The minimum Gasteiger partial charge on any atom is -0.460 e. The number of carbonyl (C=O) groups excluding carboxylic acids is 1. The number of hydrogen-bond donors (Lipinski definition) is 0. The van der Waals surface area contributed by atoms with Crippen LogP contribution in [0, 0.1) is 24.0 Å². The molecule has 1 heterocycles. The molecule has 0 aliphatic rings. The molecule has 0 saturated carbocycles. The van der Waals surface area contributed by atoms with E-state index >= 15 is 0 Å². The van der Waals surface area contributed by atoms with E-state index in [0.29, 0.717) is 5.75 Å². The molecule has 0 N–H and O–H groups in total. The minimum absolute atomic E-state index is 0.0265. The summed E-state index contributed by atoms with van der Waals surface area (Å²) in [5, 5.41) is 10.9. The van der Waals surface area contributed by atoms with Gasteiger partial charge in [-0.3, -0.25) is 14.9 Å². The van der Waals surface area contributed by atoms with Crippen molar-refractivity contribution < 1.29 is 23.6 Å². The highest BCUT2D eigenvalue weighted by molar-refractivity contribution is 6.33. The topological polar surface area (TPSA) is 109 Å². The number of aryl methyl sites for hydroxylation is 2. The smallest absolute Gasteiger partial charge is 0.345 e. The Morgan fingerprint density at radius 1 is 1.03 bits per heavy atom. The Morgan fingerprint density at radius 3 is 2.55 bits per heavy atom. The second-order valence-corrected chi connectivity index (χ2v) is 7.68. The summed E-state index contributed by atoms with van der Waals surface area (Å²) in [6.45, 7) is 3.79.